The van der Waals surface area contributed by atoms with Crippen molar-refractivity contribution in [3.05, 3.63) is 47.8 Å². The second-order valence-electron chi connectivity index (χ2n) is 6.97. The van der Waals surface area contributed by atoms with Crippen LogP contribution in [0.4, 0.5) is 0 Å². The van der Waals surface area contributed by atoms with Gasteiger partial charge in [0.2, 0.25) is 15.9 Å². The first-order valence-electron chi connectivity index (χ1n) is 8.82. The van der Waals surface area contributed by atoms with Crippen molar-refractivity contribution in [1.82, 2.24) is 19.0 Å². The predicted octanol–water partition coefficient (Wildman–Crippen LogP) is 1.56. The highest BCUT2D eigenvalue weighted by Gasteiger charge is 2.35. The van der Waals surface area contributed by atoms with E-state index in [9.17, 15) is 13.2 Å². The molecule has 2 aliphatic rings. The zero-order chi connectivity index (χ0) is 18.3. The summed E-state index contributed by atoms with van der Waals surface area (Å²) in [5.41, 5.74) is 1.83. The maximum absolute atomic E-state index is 13.1. The third kappa shape index (κ3) is 3.03. The summed E-state index contributed by atoms with van der Waals surface area (Å²) in [7, 11) is -3.61. The van der Waals surface area contributed by atoms with Crippen molar-refractivity contribution >= 4 is 15.9 Å². The molecule has 8 heteroatoms. The molecule has 1 aromatic heterocycles. The van der Waals surface area contributed by atoms with Crippen LogP contribution in [0.15, 0.2) is 41.4 Å². The van der Waals surface area contributed by atoms with Gasteiger partial charge < -0.3 is 4.90 Å². The highest BCUT2D eigenvalue weighted by Crippen LogP contribution is 2.29. The van der Waals surface area contributed by atoms with E-state index in [0.717, 1.165) is 30.8 Å². The van der Waals surface area contributed by atoms with Gasteiger partial charge in [-0.3, -0.25) is 9.48 Å². The Bertz CT molecular complexity index is 916. The topological polar surface area (TPSA) is 75.5 Å². The molecule has 138 valence electrons. The van der Waals surface area contributed by atoms with Gasteiger partial charge in [-0.15, -0.1) is 0 Å². The second-order valence-corrected chi connectivity index (χ2v) is 8.91. The van der Waals surface area contributed by atoms with E-state index in [1.165, 1.54) is 4.31 Å². The maximum Gasteiger partial charge on any atom is 0.243 e. The van der Waals surface area contributed by atoms with Crippen LogP contribution in [0.25, 0.3) is 0 Å². The Morgan fingerprint density at radius 3 is 2.58 bits per heavy atom. The molecule has 7 nitrogen and oxygen atoms in total. The van der Waals surface area contributed by atoms with Crippen LogP contribution in [0.5, 0.6) is 0 Å². The predicted molar refractivity (Wildman–Crippen MR) is 95.9 cm³/mol. The Morgan fingerprint density at radius 1 is 1.19 bits per heavy atom. The second kappa shape index (κ2) is 6.51. The fraction of sp³-hybridized carbons (Fsp3) is 0.444. The van der Waals surface area contributed by atoms with Gasteiger partial charge in [0, 0.05) is 25.8 Å². The first-order chi connectivity index (χ1) is 12.4. The van der Waals surface area contributed by atoms with E-state index in [2.05, 4.69) is 5.10 Å². The van der Waals surface area contributed by atoms with Crippen molar-refractivity contribution in [2.45, 2.75) is 37.2 Å². The van der Waals surface area contributed by atoms with Crippen LogP contribution in [0.1, 0.15) is 30.1 Å². The number of rotatable bonds is 4. The van der Waals surface area contributed by atoms with Crippen LogP contribution in [-0.2, 0) is 21.4 Å². The standard InChI is InChI=1S/C18H22N4O3S/c1-14-3-5-17(6-4-14)26(24,25)21-12-15-7-8-19-22(15)16(13-21)11-18(23)20-9-2-10-20/h3-8,16H,2,9-13H2,1H3. The molecule has 2 aliphatic heterocycles. The summed E-state index contributed by atoms with van der Waals surface area (Å²) in [6.45, 7) is 4.04. The number of aromatic nitrogens is 2. The van der Waals surface area contributed by atoms with Crippen molar-refractivity contribution in [3.63, 3.8) is 0 Å². The average Bonchev–Trinajstić information content (AvgIpc) is 3.02. The molecule has 0 saturated carbocycles. The number of hydrogen-bond acceptors (Lipinski definition) is 4. The van der Waals surface area contributed by atoms with E-state index in [4.69, 9.17) is 0 Å². The number of carbonyl (C=O) groups excluding carboxylic acids is 1. The lowest BCUT2D eigenvalue weighted by molar-refractivity contribution is -0.135. The molecular formula is C18H22N4O3S. The molecule has 0 radical (unpaired) electrons. The average molecular weight is 374 g/mol. The number of benzene rings is 1. The summed E-state index contributed by atoms with van der Waals surface area (Å²) in [4.78, 5) is 14.5. The van der Waals surface area contributed by atoms with Crippen molar-refractivity contribution in [3.8, 4) is 0 Å². The third-order valence-corrected chi connectivity index (χ3v) is 6.95. The fourth-order valence-electron chi connectivity index (χ4n) is 3.44. The van der Waals surface area contributed by atoms with Gasteiger partial charge in [0.05, 0.1) is 29.6 Å². The van der Waals surface area contributed by atoms with E-state index in [1.54, 1.807) is 35.1 Å². The van der Waals surface area contributed by atoms with Crippen LogP contribution in [-0.4, -0.2) is 52.9 Å². The monoisotopic (exact) mass is 374 g/mol. The Hall–Kier alpha value is -2.19. The zero-order valence-corrected chi connectivity index (χ0v) is 15.5. The molecule has 3 heterocycles. The lowest BCUT2D eigenvalue weighted by Crippen LogP contribution is -2.46. The van der Waals surface area contributed by atoms with Crippen molar-refractivity contribution < 1.29 is 13.2 Å². The minimum atomic E-state index is -3.61. The van der Waals surface area contributed by atoms with Gasteiger partial charge in [0.1, 0.15) is 0 Å². The van der Waals surface area contributed by atoms with Gasteiger partial charge in [0.25, 0.3) is 0 Å². The van der Waals surface area contributed by atoms with Crippen molar-refractivity contribution in [2.75, 3.05) is 19.6 Å². The zero-order valence-electron chi connectivity index (χ0n) is 14.7. The van der Waals surface area contributed by atoms with E-state index >= 15 is 0 Å². The molecule has 0 bridgehead atoms. The number of sulfonamides is 1. The van der Waals surface area contributed by atoms with Gasteiger partial charge in [0.15, 0.2) is 0 Å². The highest BCUT2D eigenvalue weighted by atomic mass is 32.2. The third-order valence-electron chi connectivity index (χ3n) is 5.13. The molecule has 1 aromatic carbocycles. The summed E-state index contributed by atoms with van der Waals surface area (Å²) in [5, 5.41) is 4.32. The molecule has 1 atom stereocenters. The molecule has 1 fully saturated rings. The molecular weight excluding hydrogens is 352 g/mol. The molecule has 1 unspecified atom stereocenters. The molecule has 0 N–H and O–H groups in total. The number of nitrogens with zero attached hydrogens (tertiary/aromatic N) is 4. The van der Waals surface area contributed by atoms with Crippen LogP contribution < -0.4 is 0 Å². The fourth-order valence-corrected chi connectivity index (χ4v) is 4.89. The number of carbonyl (C=O) groups is 1. The lowest BCUT2D eigenvalue weighted by atomic mass is 10.1. The molecule has 2 aromatic rings. The van der Waals surface area contributed by atoms with Gasteiger partial charge in [-0.2, -0.15) is 9.40 Å². The number of amides is 1. The molecule has 1 saturated heterocycles. The Morgan fingerprint density at radius 2 is 1.92 bits per heavy atom. The maximum atomic E-state index is 13.1. The van der Waals surface area contributed by atoms with Gasteiger partial charge in [-0.1, -0.05) is 17.7 Å². The van der Waals surface area contributed by atoms with Crippen LogP contribution in [0, 0.1) is 6.92 Å². The summed E-state index contributed by atoms with van der Waals surface area (Å²) in [5.74, 6) is 0.0669. The summed E-state index contributed by atoms with van der Waals surface area (Å²) < 4.78 is 29.4. The van der Waals surface area contributed by atoms with E-state index in [-0.39, 0.29) is 36.4 Å². The smallest absolute Gasteiger partial charge is 0.243 e. The summed E-state index contributed by atoms with van der Waals surface area (Å²) >= 11 is 0. The number of aryl methyl sites for hydroxylation is 1. The number of likely N-dealkylation sites (tertiary alicyclic amines) is 1. The summed E-state index contributed by atoms with van der Waals surface area (Å²) in [6.07, 6.45) is 2.98. The molecule has 0 spiro atoms. The van der Waals surface area contributed by atoms with E-state index in [1.807, 2.05) is 17.9 Å². The summed E-state index contributed by atoms with van der Waals surface area (Å²) in [6, 6.07) is 8.41. The van der Waals surface area contributed by atoms with E-state index in [0.29, 0.717) is 0 Å². The molecule has 0 aliphatic carbocycles. The van der Waals surface area contributed by atoms with Gasteiger partial charge in [-0.05, 0) is 31.5 Å². The Labute approximate surface area is 153 Å². The van der Waals surface area contributed by atoms with Gasteiger partial charge >= 0.3 is 0 Å². The normalized spacial score (nSPS) is 20.5. The van der Waals surface area contributed by atoms with Crippen LogP contribution in [0.2, 0.25) is 0 Å². The Kier molecular flexibility index (Phi) is 4.32. The molecule has 1 amide bonds. The first-order valence-corrected chi connectivity index (χ1v) is 10.3. The molecule has 4 rings (SSSR count). The number of hydrogen-bond donors (Lipinski definition) is 0. The first kappa shape index (κ1) is 17.2. The van der Waals surface area contributed by atoms with Crippen molar-refractivity contribution in [1.29, 1.82) is 0 Å². The minimum Gasteiger partial charge on any atom is -0.342 e. The highest BCUT2D eigenvalue weighted by molar-refractivity contribution is 7.89. The SMILES string of the molecule is Cc1ccc(S(=O)(=O)N2Cc3ccnn3C(CC(=O)N3CCC3)C2)cc1. The quantitative estimate of drug-likeness (QED) is 0.814. The lowest BCUT2D eigenvalue weighted by Gasteiger charge is -2.36. The Balaban J connectivity index is 1.60. The largest absolute Gasteiger partial charge is 0.342 e. The number of fused-ring (bicyclic) bond motifs is 1. The van der Waals surface area contributed by atoms with E-state index < -0.39 is 10.0 Å². The minimum absolute atomic E-state index is 0.0669. The van der Waals surface area contributed by atoms with Crippen LogP contribution >= 0.6 is 0 Å². The van der Waals surface area contributed by atoms with Gasteiger partial charge in [-0.25, -0.2) is 8.42 Å². The molecule has 26 heavy (non-hydrogen) atoms. The van der Waals surface area contributed by atoms with Crippen LogP contribution in [0.3, 0.4) is 0 Å². The van der Waals surface area contributed by atoms with Crippen molar-refractivity contribution in [2.24, 2.45) is 0 Å².